The van der Waals surface area contributed by atoms with Gasteiger partial charge in [0.2, 0.25) is 0 Å². The molecule has 46 heavy (non-hydrogen) atoms. The fourth-order valence-electron chi connectivity index (χ4n) is 7.47. The molecule has 0 saturated heterocycles. The molecule has 0 aromatic heterocycles. The summed E-state index contributed by atoms with van der Waals surface area (Å²) in [6.07, 6.45) is 11.9. The minimum atomic E-state index is -0.0641. The lowest BCUT2D eigenvalue weighted by Gasteiger charge is -2.29. The molecule has 0 atom stereocenters. The van der Waals surface area contributed by atoms with E-state index < -0.39 is 0 Å². The minimum Gasteiger partial charge on any atom is -0.382 e. The molecule has 6 heteroatoms. The van der Waals surface area contributed by atoms with Crippen LogP contribution in [0.5, 0.6) is 0 Å². The second-order valence-corrected chi connectivity index (χ2v) is 12.8. The summed E-state index contributed by atoms with van der Waals surface area (Å²) in [6.45, 7) is 0. The number of carbonyl (C=O) groups is 4. The first-order valence-electron chi connectivity index (χ1n) is 16.7. The molecule has 0 bridgehead atoms. The summed E-state index contributed by atoms with van der Waals surface area (Å²) in [5.74, 6) is -0.201. The van der Waals surface area contributed by atoms with Crippen LogP contribution in [0.3, 0.4) is 0 Å². The molecular formula is C40H38N2O4. The van der Waals surface area contributed by atoms with Crippen molar-refractivity contribution in [3.8, 4) is 0 Å². The molecule has 0 amide bonds. The van der Waals surface area contributed by atoms with Gasteiger partial charge in [0.1, 0.15) is 0 Å². The molecule has 4 aliphatic carbocycles. The number of benzene rings is 4. The van der Waals surface area contributed by atoms with Crippen LogP contribution in [0.15, 0.2) is 84.9 Å². The van der Waals surface area contributed by atoms with Crippen LogP contribution in [-0.2, 0) is 0 Å². The third kappa shape index (κ3) is 5.57. The van der Waals surface area contributed by atoms with Crippen LogP contribution in [0.1, 0.15) is 128 Å². The molecule has 4 aliphatic rings. The molecule has 0 heterocycles. The molecule has 8 rings (SSSR count). The average Bonchev–Trinajstić information content (AvgIpc) is 3.11. The fourth-order valence-corrected chi connectivity index (χ4v) is 7.47. The third-order valence-corrected chi connectivity index (χ3v) is 9.83. The van der Waals surface area contributed by atoms with Gasteiger partial charge in [-0.05, 0) is 37.8 Å². The Bertz CT molecular complexity index is 1660. The normalized spacial score (nSPS) is 17.6. The zero-order valence-corrected chi connectivity index (χ0v) is 25.9. The summed E-state index contributed by atoms with van der Waals surface area (Å²) in [5, 5.41) is 7.20. The Morgan fingerprint density at radius 3 is 1.07 bits per heavy atom. The molecule has 4 aromatic carbocycles. The quantitative estimate of drug-likeness (QED) is 0.208. The Labute approximate surface area is 269 Å². The number of carbonyl (C=O) groups excluding carboxylic acids is 4. The van der Waals surface area contributed by atoms with Crippen molar-refractivity contribution in [1.82, 2.24) is 0 Å². The van der Waals surface area contributed by atoms with Gasteiger partial charge in [-0.2, -0.15) is 0 Å². The van der Waals surface area contributed by atoms with E-state index in [1.54, 1.807) is 60.7 Å². The zero-order valence-electron chi connectivity index (χ0n) is 25.9. The van der Waals surface area contributed by atoms with Crippen molar-refractivity contribution in [3.63, 3.8) is 0 Å². The molecule has 2 saturated carbocycles. The highest BCUT2D eigenvalue weighted by Crippen LogP contribution is 2.37. The van der Waals surface area contributed by atoms with E-state index in [9.17, 15) is 19.2 Å². The third-order valence-electron chi connectivity index (χ3n) is 9.83. The molecule has 2 N–H and O–H groups in total. The minimum absolute atomic E-state index is 0.0302. The summed E-state index contributed by atoms with van der Waals surface area (Å²) in [5.41, 5.74) is 5.82. The van der Waals surface area contributed by atoms with E-state index in [4.69, 9.17) is 0 Å². The van der Waals surface area contributed by atoms with Gasteiger partial charge >= 0.3 is 0 Å². The monoisotopic (exact) mass is 610 g/mol. The summed E-state index contributed by atoms with van der Waals surface area (Å²) >= 11 is 0. The Hall–Kier alpha value is -4.84. The van der Waals surface area contributed by atoms with Gasteiger partial charge in [-0.25, -0.2) is 0 Å². The SMILES string of the molecule is O=C1c2cccc(NC3CCCCC3)c2C(=O)c2c(NC3CCCCC3)cccc21.O=C1c2ccccc2C(=O)c2ccccc21. The van der Waals surface area contributed by atoms with Crippen LogP contribution < -0.4 is 10.6 Å². The van der Waals surface area contributed by atoms with E-state index in [2.05, 4.69) is 10.6 Å². The predicted molar refractivity (Wildman–Crippen MR) is 180 cm³/mol. The lowest BCUT2D eigenvalue weighted by molar-refractivity contribution is 0.0979. The van der Waals surface area contributed by atoms with E-state index in [1.165, 1.54) is 38.5 Å². The summed E-state index contributed by atoms with van der Waals surface area (Å²) in [4.78, 5) is 51.3. The van der Waals surface area contributed by atoms with Crippen LogP contribution in [0.2, 0.25) is 0 Å². The van der Waals surface area contributed by atoms with Crippen LogP contribution in [0.4, 0.5) is 11.4 Å². The second-order valence-electron chi connectivity index (χ2n) is 12.8. The maximum absolute atomic E-state index is 13.7. The van der Waals surface area contributed by atoms with Gasteiger partial charge in [0.15, 0.2) is 23.1 Å². The van der Waals surface area contributed by atoms with Crippen molar-refractivity contribution in [2.24, 2.45) is 0 Å². The van der Waals surface area contributed by atoms with E-state index in [0.29, 0.717) is 56.6 Å². The number of anilines is 2. The van der Waals surface area contributed by atoms with Gasteiger partial charge in [0.25, 0.3) is 0 Å². The molecule has 6 nitrogen and oxygen atoms in total. The first-order chi connectivity index (χ1) is 22.5. The molecule has 2 fully saturated rings. The molecule has 4 aromatic rings. The van der Waals surface area contributed by atoms with Crippen molar-refractivity contribution >= 4 is 34.5 Å². The lowest BCUT2D eigenvalue weighted by atomic mass is 9.81. The Balaban J connectivity index is 0.000000177. The number of hydrogen-bond donors (Lipinski definition) is 2. The molecule has 0 spiro atoms. The number of rotatable bonds is 4. The van der Waals surface area contributed by atoms with E-state index in [1.807, 2.05) is 24.3 Å². The van der Waals surface area contributed by atoms with Crippen LogP contribution in [0.25, 0.3) is 0 Å². The van der Waals surface area contributed by atoms with Crippen LogP contribution in [0, 0.1) is 0 Å². The molecule has 0 unspecified atom stereocenters. The first kappa shape index (κ1) is 29.8. The van der Waals surface area contributed by atoms with Crippen molar-refractivity contribution in [3.05, 3.63) is 129 Å². The smallest absolute Gasteiger partial charge is 0.198 e. The Morgan fingerprint density at radius 2 is 0.696 bits per heavy atom. The molecule has 0 aliphatic heterocycles. The van der Waals surface area contributed by atoms with Crippen molar-refractivity contribution in [1.29, 1.82) is 0 Å². The highest BCUT2D eigenvalue weighted by Gasteiger charge is 2.34. The fraction of sp³-hybridized carbons (Fsp3) is 0.300. The summed E-state index contributed by atoms with van der Waals surface area (Å²) in [7, 11) is 0. The summed E-state index contributed by atoms with van der Waals surface area (Å²) < 4.78 is 0. The topological polar surface area (TPSA) is 92.3 Å². The highest BCUT2D eigenvalue weighted by atomic mass is 16.1. The van der Waals surface area contributed by atoms with E-state index in [-0.39, 0.29) is 23.1 Å². The maximum Gasteiger partial charge on any atom is 0.198 e. The standard InChI is InChI=1S/C26H30N2O2.C14H8O2/c29-25-19-13-7-15-21(27-17-9-3-1-4-10-17)23(19)26(30)24-20(25)14-8-16-22(24)28-18-11-5-2-6-12-18;15-13-9-5-1-2-6-10(9)14(16)12-8-4-3-7-11(12)13/h7-8,13-18,27-28H,1-6,9-12H2;1-8H. The first-order valence-corrected chi connectivity index (χ1v) is 16.7. The Kier molecular flexibility index (Phi) is 8.35. The molecular weight excluding hydrogens is 572 g/mol. The van der Waals surface area contributed by atoms with Gasteiger partial charge in [0, 0.05) is 56.8 Å². The number of nitrogens with one attached hydrogen (secondary N) is 2. The highest BCUT2D eigenvalue weighted by molar-refractivity contribution is 6.32. The van der Waals surface area contributed by atoms with E-state index in [0.717, 1.165) is 37.1 Å². The van der Waals surface area contributed by atoms with Crippen molar-refractivity contribution in [2.75, 3.05) is 10.6 Å². The molecule has 0 radical (unpaired) electrons. The van der Waals surface area contributed by atoms with Crippen LogP contribution >= 0.6 is 0 Å². The number of fused-ring (bicyclic) bond motifs is 4. The van der Waals surface area contributed by atoms with Gasteiger partial charge in [-0.15, -0.1) is 0 Å². The second kappa shape index (κ2) is 12.9. The van der Waals surface area contributed by atoms with Crippen molar-refractivity contribution in [2.45, 2.75) is 76.3 Å². The van der Waals surface area contributed by atoms with E-state index >= 15 is 0 Å². The Morgan fingerprint density at radius 1 is 0.370 bits per heavy atom. The van der Waals surface area contributed by atoms with Crippen molar-refractivity contribution < 1.29 is 19.2 Å². The number of hydrogen-bond acceptors (Lipinski definition) is 6. The predicted octanol–water partition coefficient (Wildman–Crippen LogP) is 8.41. The maximum atomic E-state index is 13.7. The number of ketones is 4. The summed E-state index contributed by atoms with van der Waals surface area (Å²) in [6, 6.07) is 26.0. The lowest BCUT2D eigenvalue weighted by Crippen LogP contribution is -2.29. The van der Waals surface area contributed by atoms with Gasteiger partial charge in [0.05, 0.1) is 11.1 Å². The van der Waals surface area contributed by atoms with Gasteiger partial charge in [-0.1, -0.05) is 111 Å². The van der Waals surface area contributed by atoms with Crippen LogP contribution in [-0.4, -0.2) is 35.2 Å². The zero-order chi connectivity index (χ0) is 31.6. The molecule has 232 valence electrons. The van der Waals surface area contributed by atoms with Gasteiger partial charge < -0.3 is 10.6 Å². The largest absolute Gasteiger partial charge is 0.382 e. The average molecular weight is 611 g/mol. The van der Waals surface area contributed by atoms with Gasteiger partial charge in [-0.3, -0.25) is 19.2 Å².